The Labute approximate surface area is 105 Å². The fourth-order valence-corrected chi connectivity index (χ4v) is 1.74. The van der Waals surface area contributed by atoms with Crippen LogP contribution in [0.4, 0.5) is 5.82 Å². The minimum atomic E-state index is -0.571. The number of piperazine rings is 1. The van der Waals surface area contributed by atoms with Crippen LogP contribution in [-0.4, -0.2) is 47.1 Å². The van der Waals surface area contributed by atoms with Crippen LogP contribution >= 0.6 is 0 Å². The lowest BCUT2D eigenvalue weighted by Crippen LogP contribution is -2.46. The van der Waals surface area contributed by atoms with Gasteiger partial charge in [0, 0.05) is 13.1 Å². The van der Waals surface area contributed by atoms with Crippen molar-refractivity contribution >= 4 is 11.7 Å². The van der Waals surface area contributed by atoms with Gasteiger partial charge in [-0.1, -0.05) is 6.58 Å². The molecule has 1 fully saturated rings. The summed E-state index contributed by atoms with van der Waals surface area (Å²) in [4.78, 5) is 26.3. The average molecular weight is 249 g/mol. The molecule has 2 N–H and O–H groups in total. The van der Waals surface area contributed by atoms with E-state index in [4.69, 9.17) is 10.6 Å². The number of nitrogens with zero attached hydrogens (tertiary/aromatic N) is 4. The lowest BCUT2D eigenvalue weighted by Gasteiger charge is -2.33. The number of nitrogens with two attached hydrogens (primary N) is 1. The minimum absolute atomic E-state index is 0.173. The van der Waals surface area contributed by atoms with Crippen LogP contribution in [0.2, 0.25) is 0 Å². The Balaban J connectivity index is 1.97. The Bertz CT molecular complexity index is 426. The topological polar surface area (TPSA) is 84.6 Å². The van der Waals surface area contributed by atoms with Crippen molar-refractivity contribution < 1.29 is 9.63 Å². The van der Waals surface area contributed by atoms with E-state index >= 15 is 0 Å². The van der Waals surface area contributed by atoms with Gasteiger partial charge in [-0.2, -0.15) is 0 Å². The van der Waals surface area contributed by atoms with Crippen LogP contribution in [0.3, 0.4) is 0 Å². The summed E-state index contributed by atoms with van der Waals surface area (Å²) in [6, 6.07) is 0. The van der Waals surface area contributed by atoms with Gasteiger partial charge in [-0.25, -0.2) is 9.97 Å². The standard InChI is InChI=1S/C11H15N5O2/c1-2-18-16-5-3-15(4-6-16)10-8-13-9(7-14-10)11(12)17/h2,7-8H,1,3-6H2,(H2,12,17). The molecule has 1 saturated heterocycles. The van der Waals surface area contributed by atoms with E-state index in [1.807, 2.05) is 5.06 Å². The molecule has 1 amide bonds. The number of hydroxylamine groups is 2. The van der Waals surface area contributed by atoms with Crippen LogP contribution in [-0.2, 0) is 4.84 Å². The van der Waals surface area contributed by atoms with E-state index in [1.54, 1.807) is 6.20 Å². The largest absolute Gasteiger partial charge is 0.414 e. The van der Waals surface area contributed by atoms with Gasteiger partial charge in [0.25, 0.3) is 5.91 Å². The third-order valence-corrected chi connectivity index (χ3v) is 2.68. The molecule has 1 aliphatic rings. The Morgan fingerprint density at radius 3 is 2.56 bits per heavy atom. The zero-order valence-electron chi connectivity index (χ0n) is 9.95. The molecule has 0 aromatic carbocycles. The minimum Gasteiger partial charge on any atom is -0.414 e. The molecule has 0 atom stereocenters. The van der Waals surface area contributed by atoms with Crippen molar-refractivity contribution in [3.63, 3.8) is 0 Å². The summed E-state index contributed by atoms with van der Waals surface area (Å²) in [6.07, 6.45) is 4.37. The molecule has 1 aliphatic heterocycles. The zero-order valence-corrected chi connectivity index (χ0v) is 9.95. The number of aromatic nitrogens is 2. The fourth-order valence-electron chi connectivity index (χ4n) is 1.74. The first kappa shape index (κ1) is 12.3. The van der Waals surface area contributed by atoms with Gasteiger partial charge in [0.05, 0.1) is 25.5 Å². The predicted molar refractivity (Wildman–Crippen MR) is 65.6 cm³/mol. The Morgan fingerprint density at radius 2 is 2.06 bits per heavy atom. The second kappa shape index (κ2) is 5.46. The van der Waals surface area contributed by atoms with Crippen LogP contribution in [0.5, 0.6) is 0 Å². The van der Waals surface area contributed by atoms with Crippen molar-refractivity contribution in [2.75, 3.05) is 31.1 Å². The van der Waals surface area contributed by atoms with E-state index in [9.17, 15) is 4.79 Å². The van der Waals surface area contributed by atoms with Crippen molar-refractivity contribution in [3.05, 3.63) is 30.9 Å². The van der Waals surface area contributed by atoms with Crippen molar-refractivity contribution in [2.24, 2.45) is 5.73 Å². The van der Waals surface area contributed by atoms with Crippen LogP contribution in [0, 0.1) is 0 Å². The summed E-state index contributed by atoms with van der Waals surface area (Å²) in [7, 11) is 0. The molecule has 0 saturated carbocycles. The van der Waals surface area contributed by atoms with Gasteiger partial charge in [-0.05, 0) is 0 Å². The number of anilines is 1. The van der Waals surface area contributed by atoms with Gasteiger partial charge in [0.1, 0.15) is 17.8 Å². The van der Waals surface area contributed by atoms with Gasteiger partial charge < -0.3 is 15.5 Å². The first-order valence-corrected chi connectivity index (χ1v) is 5.60. The molecule has 2 rings (SSSR count). The number of hydrogen-bond donors (Lipinski definition) is 1. The van der Waals surface area contributed by atoms with E-state index in [0.717, 1.165) is 32.0 Å². The van der Waals surface area contributed by atoms with Crippen LogP contribution in [0.1, 0.15) is 10.5 Å². The quantitative estimate of drug-likeness (QED) is 0.742. The second-order valence-electron chi connectivity index (χ2n) is 3.81. The maximum Gasteiger partial charge on any atom is 0.268 e. The van der Waals surface area contributed by atoms with Gasteiger partial charge in [-0.3, -0.25) is 4.79 Å². The van der Waals surface area contributed by atoms with Gasteiger partial charge in [0.2, 0.25) is 0 Å². The van der Waals surface area contributed by atoms with E-state index in [0.29, 0.717) is 0 Å². The molecule has 0 radical (unpaired) electrons. The lowest BCUT2D eigenvalue weighted by atomic mass is 10.3. The lowest BCUT2D eigenvalue weighted by molar-refractivity contribution is -0.105. The van der Waals surface area contributed by atoms with Crippen molar-refractivity contribution in [3.8, 4) is 0 Å². The van der Waals surface area contributed by atoms with Crippen molar-refractivity contribution in [1.82, 2.24) is 15.0 Å². The van der Waals surface area contributed by atoms with Gasteiger partial charge in [-0.15, -0.1) is 5.06 Å². The second-order valence-corrected chi connectivity index (χ2v) is 3.81. The number of carbonyl (C=O) groups is 1. The molecule has 1 aromatic heterocycles. The molecule has 0 spiro atoms. The third-order valence-electron chi connectivity index (χ3n) is 2.68. The molecule has 18 heavy (non-hydrogen) atoms. The summed E-state index contributed by atoms with van der Waals surface area (Å²) >= 11 is 0. The van der Waals surface area contributed by atoms with Gasteiger partial charge in [0.15, 0.2) is 0 Å². The van der Waals surface area contributed by atoms with Crippen molar-refractivity contribution in [2.45, 2.75) is 0 Å². The van der Waals surface area contributed by atoms with E-state index in [1.165, 1.54) is 12.5 Å². The SMILES string of the molecule is C=CON1CCN(c2cnc(C(N)=O)cn2)CC1. The summed E-state index contributed by atoms with van der Waals surface area (Å²) in [6.45, 7) is 6.58. The monoisotopic (exact) mass is 249 g/mol. The highest BCUT2D eigenvalue weighted by molar-refractivity contribution is 5.90. The highest BCUT2D eigenvalue weighted by Gasteiger charge is 2.18. The number of rotatable bonds is 4. The Kier molecular flexibility index (Phi) is 3.73. The van der Waals surface area contributed by atoms with E-state index < -0.39 is 5.91 Å². The Morgan fingerprint density at radius 1 is 1.33 bits per heavy atom. The number of amides is 1. The highest BCUT2D eigenvalue weighted by Crippen LogP contribution is 2.12. The third kappa shape index (κ3) is 2.75. The first-order chi connectivity index (χ1) is 8.70. The predicted octanol–water partition coefficient (Wildman–Crippen LogP) is -0.227. The molecule has 0 unspecified atom stereocenters. The summed E-state index contributed by atoms with van der Waals surface area (Å²) in [5, 5.41) is 1.83. The fraction of sp³-hybridized carbons (Fsp3) is 0.364. The van der Waals surface area contributed by atoms with Gasteiger partial charge >= 0.3 is 0 Å². The number of hydrogen-bond acceptors (Lipinski definition) is 6. The van der Waals surface area contributed by atoms with Crippen molar-refractivity contribution in [1.29, 1.82) is 0 Å². The Hall–Kier alpha value is -2.15. The van der Waals surface area contributed by atoms with Crippen LogP contribution in [0.25, 0.3) is 0 Å². The smallest absolute Gasteiger partial charge is 0.268 e. The molecule has 0 aliphatic carbocycles. The zero-order chi connectivity index (χ0) is 13.0. The molecule has 7 heteroatoms. The average Bonchev–Trinajstić information content (AvgIpc) is 2.40. The molecule has 7 nitrogen and oxygen atoms in total. The van der Waals surface area contributed by atoms with Crippen LogP contribution in [0.15, 0.2) is 25.2 Å². The molecule has 1 aromatic rings. The molecule has 0 bridgehead atoms. The summed E-state index contributed by atoms with van der Waals surface area (Å²) in [5.74, 6) is 0.163. The molecular weight excluding hydrogens is 234 g/mol. The first-order valence-electron chi connectivity index (χ1n) is 5.60. The maximum atomic E-state index is 10.9. The number of carbonyl (C=O) groups excluding carboxylic acids is 1. The molecule has 96 valence electrons. The highest BCUT2D eigenvalue weighted by atomic mass is 16.7. The maximum absolute atomic E-state index is 10.9. The van der Waals surface area contributed by atoms with E-state index in [-0.39, 0.29) is 5.69 Å². The summed E-state index contributed by atoms with van der Waals surface area (Å²) < 4.78 is 0. The molecule has 2 heterocycles. The molecular formula is C11H15N5O2. The number of primary amides is 1. The van der Waals surface area contributed by atoms with E-state index in [2.05, 4.69) is 21.4 Å². The summed E-state index contributed by atoms with van der Waals surface area (Å²) in [5.41, 5.74) is 5.28. The van der Waals surface area contributed by atoms with Crippen LogP contribution < -0.4 is 10.6 Å². The normalized spacial score (nSPS) is 16.3.